The van der Waals surface area contributed by atoms with Crippen molar-refractivity contribution in [3.63, 3.8) is 0 Å². The third-order valence-electron chi connectivity index (χ3n) is 2.70. The number of amides is 1. The predicted molar refractivity (Wildman–Crippen MR) is 66.1 cm³/mol. The third kappa shape index (κ3) is 3.41. The number of rotatable bonds is 4. The number of carbonyl (C=O) groups excluding carboxylic acids is 1. The van der Waals surface area contributed by atoms with Crippen LogP contribution in [0, 0.1) is 19.8 Å². The lowest BCUT2D eigenvalue weighted by atomic mass is 10.1. The Morgan fingerprint density at radius 3 is 2.65 bits per heavy atom. The lowest BCUT2D eigenvalue weighted by molar-refractivity contribution is 0.0949. The van der Waals surface area contributed by atoms with Gasteiger partial charge in [-0.15, -0.1) is 0 Å². The third-order valence-corrected chi connectivity index (χ3v) is 2.70. The van der Waals surface area contributed by atoms with Crippen LogP contribution in [-0.4, -0.2) is 22.6 Å². The average molecular weight is 237 g/mol. The standard InChI is InChI=1S/C12H19N3O2/c1-7(2)5-6-13-11(16)10-8(3)9(4)14-15-12(10)17/h7H,5-6H2,1-4H3,(H,13,16)(H,15,17). The number of hydrogen-bond acceptors (Lipinski definition) is 3. The van der Waals surface area contributed by atoms with Crippen molar-refractivity contribution < 1.29 is 4.79 Å². The van der Waals surface area contributed by atoms with E-state index in [9.17, 15) is 9.59 Å². The lowest BCUT2D eigenvalue weighted by Gasteiger charge is -2.09. The second-order valence-corrected chi connectivity index (χ2v) is 4.58. The molecule has 0 spiro atoms. The summed E-state index contributed by atoms with van der Waals surface area (Å²) in [4.78, 5) is 23.4. The summed E-state index contributed by atoms with van der Waals surface area (Å²) >= 11 is 0. The van der Waals surface area contributed by atoms with E-state index < -0.39 is 5.56 Å². The van der Waals surface area contributed by atoms with Gasteiger partial charge in [0.05, 0.1) is 5.69 Å². The summed E-state index contributed by atoms with van der Waals surface area (Å²) in [6.07, 6.45) is 0.896. The Bertz CT molecular complexity index is 463. The van der Waals surface area contributed by atoms with Gasteiger partial charge in [0.25, 0.3) is 11.5 Å². The first kappa shape index (κ1) is 13.4. The van der Waals surface area contributed by atoms with Gasteiger partial charge >= 0.3 is 0 Å². The minimum Gasteiger partial charge on any atom is -0.352 e. The van der Waals surface area contributed by atoms with E-state index in [2.05, 4.69) is 29.4 Å². The zero-order chi connectivity index (χ0) is 13.0. The van der Waals surface area contributed by atoms with Gasteiger partial charge in [0.15, 0.2) is 0 Å². The molecule has 0 aliphatic rings. The maximum absolute atomic E-state index is 11.9. The van der Waals surface area contributed by atoms with Crippen molar-refractivity contribution in [2.45, 2.75) is 34.1 Å². The van der Waals surface area contributed by atoms with Crippen LogP contribution in [0.25, 0.3) is 0 Å². The molecule has 94 valence electrons. The summed E-state index contributed by atoms with van der Waals surface area (Å²) in [6, 6.07) is 0. The van der Waals surface area contributed by atoms with E-state index in [1.807, 2.05) is 0 Å². The summed E-state index contributed by atoms with van der Waals surface area (Å²) in [5.74, 6) is 0.198. The summed E-state index contributed by atoms with van der Waals surface area (Å²) in [5.41, 5.74) is 1.03. The van der Waals surface area contributed by atoms with Crippen LogP contribution in [0.15, 0.2) is 4.79 Å². The smallest absolute Gasteiger partial charge is 0.277 e. The van der Waals surface area contributed by atoms with Crippen molar-refractivity contribution in [1.29, 1.82) is 0 Å². The molecule has 0 bridgehead atoms. The van der Waals surface area contributed by atoms with Gasteiger partial charge in [0, 0.05) is 6.54 Å². The predicted octanol–water partition coefficient (Wildman–Crippen LogP) is 1.16. The molecule has 1 aromatic heterocycles. The highest BCUT2D eigenvalue weighted by Crippen LogP contribution is 2.05. The second-order valence-electron chi connectivity index (χ2n) is 4.58. The Balaban J connectivity index is 2.82. The Labute approximate surface area is 101 Å². The SMILES string of the molecule is Cc1n[nH]c(=O)c(C(=O)NCCC(C)C)c1C. The molecule has 0 aromatic carbocycles. The molecule has 0 radical (unpaired) electrons. The molecule has 5 nitrogen and oxygen atoms in total. The number of hydrogen-bond donors (Lipinski definition) is 2. The van der Waals surface area contributed by atoms with E-state index in [0.717, 1.165) is 6.42 Å². The number of nitrogens with one attached hydrogen (secondary N) is 2. The fourth-order valence-corrected chi connectivity index (χ4v) is 1.46. The number of aromatic amines is 1. The molecule has 1 aromatic rings. The fourth-order valence-electron chi connectivity index (χ4n) is 1.46. The van der Waals surface area contributed by atoms with Crippen LogP contribution >= 0.6 is 0 Å². The maximum Gasteiger partial charge on any atom is 0.277 e. The molecule has 17 heavy (non-hydrogen) atoms. The average Bonchev–Trinajstić information content (AvgIpc) is 2.23. The van der Waals surface area contributed by atoms with Gasteiger partial charge in [0.1, 0.15) is 5.56 Å². The van der Waals surface area contributed by atoms with Gasteiger partial charge in [0.2, 0.25) is 0 Å². The monoisotopic (exact) mass is 237 g/mol. The highest BCUT2D eigenvalue weighted by molar-refractivity contribution is 5.95. The maximum atomic E-state index is 11.9. The van der Waals surface area contributed by atoms with Gasteiger partial charge in [-0.25, -0.2) is 5.10 Å². The van der Waals surface area contributed by atoms with E-state index in [0.29, 0.717) is 23.7 Å². The molecule has 0 saturated carbocycles. The number of aromatic nitrogens is 2. The molecule has 0 unspecified atom stereocenters. The van der Waals surface area contributed by atoms with Crippen LogP contribution in [0.5, 0.6) is 0 Å². The van der Waals surface area contributed by atoms with Crippen LogP contribution in [0.1, 0.15) is 41.9 Å². The summed E-state index contributed by atoms with van der Waals surface area (Å²) < 4.78 is 0. The molecular formula is C12H19N3O2. The quantitative estimate of drug-likeness (QED) is 0.825. The van der Waals surface area contributed by atoms with Crippen molar-refractivity contribution in [3.05, 3.63) is 27.2 Å². The molecule has 0 atom stereocenters. The number of carbonyl (C=O) groups is 1. The minimum atomic E-state index is -0.435. The van der Waals surface area contributed by atoms with Crippen molar-refractivity contribution in [2.24, 2.45) is 5.92 Å². The first-order chi connectivity index (χ1) is 7.93. The van der Waals surface area contributed by atoms with E-state index in [1.165, 1.54) is 0 Å². The molecule has 5 heteroatoms. The van der Waals surface area contributed by atoms with Crippen LogP contribution < -0.4 is 10.9 Å². The van der Waals surface area contributed by atoms with E-state index >= 15 is 0 Å². The minimum absolute atomic E-state index is 0.168. The molecule has 1 rings (SSSR count). The number of nitrogens with zero attached hydrogens (tertiary/aromatic N) is 1. The normalized spacial score (nSPS) is 10.6. The number of aryl methyl sites for hydroxylation is 1. The molecule has 1 heterocycles. The summed E-state index contributed by atoms with van der Waals surface area (Å²) in [7, 11) is 0. The van der Waals surface area contributed by atoms with Gasteiger partial charge in [-0.3, -0.25) is 9.59 Å². The fraction of sp³-hybridized carbons (Fsp3) is 0.583. The zero-order valence-electron chi connectivity index (χ0n) is 10.8. The van der Waals surface area contributed by atoms with E-state index in [1.54, 1.807) is 13.8 Å². The van der Waals surface area contributed by atoms with Gasteiger partial charge in [-0.2, -0.15) is 5.10 Å². The van der Waals surface area contributed by atoms with Crippen molar-refractivity contribution >= 4 is 5.91 Å². The first-order valence-electron chi connectivity index (χ1n) is 5.77. The zero-order valence-corrected chi connectivity index (χ0v) is 10.8. The van der Waals surface area contributed by atoms with Crippen LogP contribution in [0.2, 0.25) is 0 Å². The summed E-state index contributed by atoms with van der Waals surface area (Å²) in [5, 5.41) is 8.89. The molecule has 0 saturated heterocycles. The highest BCUT2D eigenvalue weighted by atomic mass is 16.2. The van der Waals surface area contributed by atoms with Crippen molar-refractivity contribution in [3.8, 4) is 0 Å². The molecule has 0 aliphatic carbocycles. The van der Waals surface area contributed by atoms with E-state index in [4.69, 9.17) is 0 Å². The molecule has 0 aliphatic heterocycles. The lowest BCUT2D eigenvalue weighted by Crippen LogP contribution is -2.32. The second kappa shape index (κ2) is 5.61. The molecule has 2 N–H and O–H groups in total. The topological polar surface area (TPSA) is 74.8 Å². The molecule has 1 amide bonds. The molecule has 0 fully saturated rings. The summed E-state index contributed by atoms with van der Waals surface area (Å²) in [6.45, 7) is 8.24. The first-order valence-corrected chi connectivity index (χ1v) is 5.77. The molecular weight excluding hydrogens is 218 g/mol. The Kier molecular flexibility index (Phi) is 4.43. The largest absolute Gasteiger partial charge is 0.352 e. The van der Waals surface area contributed by atoms with Gasteiger partial charge in [-0.1, -0.05) is 13.8 Å². The van der Waals surface area contributed by atoms with Crippen molar-refractivity contribution in [1.82, 2.24) is 15.5 Å². The van der Waals surface area contributed by atoms with Crippen LogP contribution in [0.3, 0.4) is 0 Å². The number of H-pyrrole nitrogens is 1. The Morgan fingerprint density at radius 2 is 2.06 bits per heavy atom. The highest BCUT2D eigenvalue weighted by Gasteiger charge is 2.15. The van der Waals surface area contributed by atoms with Crippen LogP contribution in [-0.2, 0) is 0 Å². The van der Waals surface area contributed by atoms with Gasteiger partial charge in [-0.05, 0) is 31.7 Å². The van der Waals surface area contributed by atoms with E-state index in [-0.39, 0.29) is 11.5 Å². The van der Waals surface area contributed by atoms with Crippen molar-refractivity contribution in [2.75, 3.05) is 6.54 Å². The Morgan fingerprint density at radius 1 is 1.41 bits per heavy atom. The van der Waals surface area contributed by atoms with Crippen LogP contribution in [0.4, 0.5) is 0 Å². The Hall–Kier alpha value is -1.65. The van der Waals surface area contributed by atoms with Gasteiger partial charge < -0.3 is 5.32 Å².